The lowest BCUT2D eigenvalue weighted by molar-refractivity contribution is -0.139. The molecule has 7 nitrogen and oxygen atoms in total. The number of nitrogens with zero attached hydrogens (tertiary/aromatic N) is 1. The van der Waals surface area contributed by atoms with Crippen molar-refractivity contribution >= 4 is 13.7 Å². The largest absolute Gasteiger partial charge is 0.492 e. The summed E-state index contributed by atoms with van der Waals surface area (Å²) in [6.07, 6.45) is -2.17. The summed E-state index contributed by atoms with van der Waals surface area (Å²) in [5.74, 6) is 5.93. The van der Waals surface area contributed by atoms with Crippen LogP contribution in [-0.4, -0.2) is 41.8 Å². The third kappa shape index (κ3) is 10.1. The number of aryl methyl sites for hydroxylation is 1. The van der Waals surface area contributed by atoms with E-state index < -0.39 is 30.7 Å². The van der Waals surface area contributed by atoms with E-state index >= 15 is 0 Å². The van der Waals surface area contributed by atoms with Crippen LogP contribution >= 0.6 is 7.82 Å². The van der Waals surface area contributed by atoms with Gasteiger partial charge in [0.15, 0.2) is 5.90 Å². The zero-order chi connectivity index (χ0) is 27.0. The van der Waals surface area contributed by atoms with Crippen LogP contribution in [0, 0.1) is 11.8 Å². The van der Waals surface area contributed by atoms with Crippen LogP contribution in [0.15, 0.2) is 23.2 Å². The van der Waals surface area contributed by atoms with Gasteiger partial charge in [-0.05, 0) is 57.7 Å². The molecule has 0 amide bonds. The summed E-state index contributed by atoms with van der Waals surface area (Å²) in [5.41, 5.74) is -2.40. The monoisotopic (exact) mass is 533 g/mol. The second-order valence-corrected chi connectivity index (χ2v) is 11.0. The number of phosphoric acid groups is 1. The summed E-state index contributed by atoms with van der Waals surface area (Å²) in [5, 5.41) is 0. The van der Waals surface area contributed by atoms with Crippen LogP contribution in [0.4, 0.5) is 13.2 Å². The van der Waals surface area contributed by atoms with Crippen molar-refractivity contribution in [2.75, 3.05) is 19.8 Å². The molecular formula is C25H35F3NO6P. The molecule has 0 saturated carbocycles. The van der Waals surface area contributed by atoms with Crippen molar-refractivity contribution in [2.45, 2.75) is 84.0 Å². The maximum absolute atomic E-state index is 13.7. The summed E-state index contributed by atoms with van der Waals surface area (Å²) in [6, 6.07) is 3.92. The fourth-order valence-electron chi connectivity index (χ4n) is 3.46. The Morgan fingerprint density at radius 2 is 1.92 bits per heavy atom. The molecule has 2 atom stereocenters. The van der Waals surface area contributed by atoms with E-state index in [1.54, 1.807) is 33.8 Å². The number of ether oxygens (including phenoxy) is 2. The Balaban J connectivity index is 2.12. The number of rotatable bonds is 11. The van der Waals surface area contributed by atoms with Gasteiger partial charge in [0.05, 0.1) is 24.4 Å². The van der Waals surface area contributed by atoms with Crippen LogP contribution in [-0.2, 0) is 30.9 Å². The highest BCUT2D eigenvalue weighted by molar-refractivity contribution is 7.47. The first-order valence-corrected chi connectivity index (χ1v) is 13.3. The maximum Gasteiger partial charge on any atom is 0.472 e. The van der Waals surface area contributed by atoms with E-state index in [0.717, 1.165) is 18.9 Å². The molecule has 36 heavy (non-hydrogen) atoms. The highest BCUT2D eigenvalue weighted by atomic mass is 31.2. The van der Waals surface area contributed by atoms with Crippen molar-refractivity contribution < 1.29 is 41.2 Å². The van der Waals surface area contributed by atoms with Crippen LogP contribution < -0.4 is 4.74 Å². The van der Waals surface area contributed by atoms with E-state index in [1.807, 2.05) is 6.92 Å². The van der Waals surface area contributed by atoms with Gasteiger partial charge in [-0.2, -0.15) is 13.2 Å². The third-order valence-corrected chi connectivity index (χ3v) is 6.28. The zero-order valence-electron chi connectivity index (χ0n) is 21.4. The maximum atomic E-state index is 13.7. The van der Waals surface area contributed by atoms with E-state index in [-0.39, 0.29) is 38.4 Å². The Morgan fingerprint density at radius 3 is 2.50 bits per heavy atom. The van der Waals surface area contributed by atoms with Crippen LogP contribution in [0.3, 0.4) is 0 Å². The quantitative estimate of drug-likeness (QED) is 0.203. The molecule has 2 unspecified atom stereocenters. The highest BCUT2D eigenvalue weighted by Gasteiger charge is 2.40. The van der Waals surface area contributed by atoms with Gasteiger partial charge in [0.2, 0.25) is 0 Å². The second-order valence-electron chi connectivity index (χ2n) is 9.62. The van der Waals surface area contributed by atoms with Gasteiger partial charge in [-0.3, -0.25) is 9.05 Å². The van der Waals surface area contributed by atoms with Gasteiger partial charge in [0.25, 0.3) is 0 Å². The van der Waals surface area contributed by atoms with Crippen LogP contribution in [0.1, 0.15) is 71.4 Å². The topological polar surface area (TPSA) is 86.6 Å². The Labute approximate surface area is 211 Å². The van der Waals surface area contributed by atoms with E-state index in [1.165, 1.54) is 6.07 Å². The molecule has 0 bridgehead atoms. The van der Waals surface area contributed by atoms with Crippen LogP contribution in [0.5, 0.6) is 5.75 Å². The number of phosphoric ester groups is 1. The molecule has 1 aromatic carbocycles. The van der Waals surface area contributed by atoms with Gasteiger partial charge in [-0.1, -0.05) is 18.9 Å². The van der Waals surface area contributed by atoms with E-state index in [0.29, 0.717) is 17.9 Å². The highest BCUT2D eigenvalue weighted by Crippen LogP contribution is 2.48. The molecule has 0 fully saturated rings. The van der Waals surface area contributed by atoms with Gasteiger partial charge in [-0.15, -0.1) is 5.92 Å². The first kappa shape index (κ1) is 30.2. The lowest BCUT2D eigenvalue weighted by Gasteiger charge is -2.27. The van der Waals surface area contributed by atoms with Gasteiger partial charge in [0, 0.05) is 19.8 Å². The molecule has 0 aliphatic carbocycles. The number of benzene rings is 1. The molecule has 1 N–H and O–H groups in total. The van der Waals surface area contributed by atoms with Gasteiger partial charge < -0.3 is 14.4 Å². The van der Waals surface area contributed by atoms with Crippen LogP contribution in [0.25, 0.3) is 0 Å². The zero-order valence-corrected chi connectivity index (χ0v) is 22.3. The summed E-state index contributed by atoms with van der Waals surface area (Å²) in [6.45, 7) is 8.30. The van der Waals surface area contributed by atoms with Gasteiger partial charge in [0.1, 0.15) is 17.9 Å². The lowest BCUT2D eigenvalue weighted by Crippen LogP contribution is -2.35. The second kappa shape index (κ2) is 12.5. The molecule has 2 rings (SSSR count). The first-order valence-electron chi connectivity index (χ1n) is 11.8. The fraction of sp³-hybridized carbons (Fsp3) is 0.640. The smallest absolute Gasteiger partial charge is 0.472 e. The molecule has 202 valence electrons. The number of halogens is 3. The minimum Gasteiger partial charge on any atom is -0.492 e. The SMILES string of the molecule is CCCC#CCCOc1ccc(CCC2(COP(=O)(O)OC(C)(C)C)COC(C)=N2)cc1C(F)(F)F. The van der Waals surface area contributed by atoms with Crippen molar-refractivity contribution in [3.63, 3.8) is 0 Å². The normalized spacial score (nSPS) is 19.6. The van der Waals surface area contributed by atoms with E-state index in [4.69, 9.17) is 18.5 Å². The lowest BCUT2D eigenvalue weighted by atomic mass is 9.93. The molecule has 0 radical (unpaired) electrons. The predicted octanol–water partition coefficient (Wildman–Crippen LogP) is 6.33. The van der Waals surface area contributed by atoms with Gasteiger partial charge in [-0.25, -0.2) is 9.56 Å². The van der Waals surface area contributed by atoms with Crippen LogP contribution in [0.2, 0.25) is 0 Å². The molecule has 1 aromatic rings. The van der Waals surface area contributed by atoms with Crippen molar-refractivity contribution in [3.05, 3.63) is 29.3 Å². The number of unbranched alkanes of at least 4 members (excludes halogenated alkanes) is 1. The van der Waals surface area contributed by atoms with Crippen molar-refractivity contribution in [1.82, 2.24) is 0 Å². The third-order valence-electron chi connectivity index (χ3n) is 5.04. The number of hydrogen-bond donors (Lipinski definition) is 1. The number of alkyl halides is 3. The number of aliphatic imine (C=N–C) groups is 1. The first-order chi connectivity index (χ1) is 16.6. The van der Waals surface area contributed by atoms with Gasteiger partial charge >= 0.3 is 14.0 Å². The fourth-order valence-corrected chi connectivity index (χ4v) is 4.60. The minimum atomic E-state index is -4.60. The Hall–Kier alpha value is -2.05. The summed E-state index contributed by atoms with van der Waals surface area (Å²) >= 11 is 0. The average molecular weight is 534 g/mol. The molecule has 0 spiro atoms. The molecule has 0 saturated heterocycles. The van der Waals surface area contributed by atoms with E-state index in [2.05, 4.69) is 16.8 Å². The summed E-state index contributed by atoms with van der Waals surface area (Å²) in [7, 11) is -4.38. The predicted molar refractivity (Wildman–Crippen MR) is 131 cm³/mol. The standard InChI is InChI=1S/C25H35F3NO6P/c1-6-7-8-9-10-15-32-22-12-11-20(16-21(22)25(26,27)28)13-14-24(17-33-19(2)29-24)18-34-36(30,31)35-23(3,4)5/h11-12,16H,6-7,10,13-15,17-18H2,1-5H3,(H,30,31). The minimum absolute atomic E-state index is 0.0583. The summed E-state index contributed by atoms with van der Waals surface area (Å²) < 4.78 is 74.6. The van der Waals surface area contributed by atoms with Crippen molar-refractivity contribution in [3.8, 4) is 17.6 Å². The Morgan fingerprint density at radius 1 is 1.22 bits per heavy atom. The number of hydrogen-bond acceptors (Lipinski definition) is 6. The van der Waals surface area contributed by atoms with E-state index in [9.17, 15) is 22.6 Å². The summed E-state index contributed by atoms with van der Waals surface area (Å²) in [4.78, 5) is 14.5. The average Bonchev–Trinajstić information content (AvgIpc) is 3.13. The van der Waals surface area contributed by atoms with Crippen molar-refractivity contribution in [1.29, 1.82) is 0 Å². The molecule has 11 heteroatoms. The molecule has 1 heterocycles. The molecule has 1 aliphatic heterocycles. The molecule has 1 aliphatic rings. The van der Waals surface area contributed by atoms with Crippen molar-refractivity contribution in [2.24, 2.45) is 4.99 Å². The Bertz CT molecular complexity index is 1030. The Kier molecular flexibility index (Phi) is 10.4. The molecular weight excluding hydrogens is 498 g/mol. The molecule has 0 aromatic heterocycles.